The Balaban J connectivity index is 2.42. The van der Waals surface area contributed by atoms with Crippen LogP contribution in [0.3, 0.4) is 0 Å². The summed E-state index contributed by atoms with van der Waals surface area (Å²) < 4.78 is 14.5. The van der Waals surface area contributed by atoms with Crippen LogP contribution >= 0.6 is 11.6 Å². The van der Waals surface area contributed by atoms with Gasteiger partial charge in [-0.25, -0.2) is 9.37 Å². The number of ketones is 1. The van der Waals surface area contributed by atoms with Crippen molar-refractivity contribution in [2.24, 2.45) is 7.05 Å². The fourth-order valence-corrected chi connectivity index (χ4v) is 1.53. The third-order valence-electron chi connectivity index (χ3n) is 2.21. The van der Waals surface area contributed by atoms with Crippen molar-refractivity contribution < 1.29 is 9.18 Å². The number of nitrogens with zero attached hydrogens (tertiary/aromatic N) is 2. The monoisotopic (exact) mass is 238 g/mol. The molecule has 0 aliphatic rings. The summed E-state index contributed by atoms with van der Waals surface area (Å²) in [6, 6.07) is 3.85. The molecule has 0 saturated heterocycles. The molecule has 0 fully saturated rings. The van der Waals surface area contributed by atoms with E-state index in [2.05, 4.69) is 4.98 Å². The Morgan fingerprint density at radius 3 is 2.81 bits per heavy atom. The maximum absolute atomic E-state index is 12.9. The first-order chi connectivity index (χ1) is 7.59. The molecule has 2 rings (SSSR count). The molecule has 1 heterocycles. The molecular formula is C11H8ClFN2O. The van der Waals surface area contributed by atoms with Crippen LogP contribution in [0.5, 0.6) is 0 Å². The Kier molecular flexibility index (Phi) is 2.75. The summed E-state index contributed by atoms with van der Waals surface area (Å²) in [6.07, 6.45) is 3.19. The SMILES string of the molecule is Cn1ccnc1C(=O)c1ccc(F)c(Cl)c1. The number of aromatic nitrogens is 2. The van der Waals surface area contributed by atoms with Crippen molar-refractivity contribution in [3.63, 3.8) is 0 Å². The average Bonchev–Trinajstić information content (AvgIpc) is 2.67. The number of imidazole rings is 1. The topological polar surface area (TPSA) is 34.9 Å². The Morgan fingerprint density at radius 1 is 1.50 bits per heavy atom. The van der Waals surface area contributed by atoms with Crippen molar-refractivity contribution in [2.75, 3.05) is 0 Å². The predicted octanol–water partition coefficient (Wildman–Crippen LogP) is 2.44. The lowest BCUT2D eigenvalue weighted by Gasteiger charge is -2.02. The number of benzene rings is 1. The average molecular weight is 239 g/mol. The third-order valence-corrected chi connectivity index (χ3v) is 2.50. The molecule has 0 aliphatic carbocycles. The van der Waals surface area contributed by atoms with Gasteiger partial charge in [0.1, 0.15) is 5.82 Å². The molecule has 0 aliphatic heterocycles. The van der Waals surface area contributed by atoms with Gasteiger partial charge >= 0.3 is 0 Å². The van der Waals surface area contributed by atoms with Crippen LogP contribution in [0, 0.1) is 5.82 Å². The van der Waals surface area contributed by atoms with E-state index in [4.69, 9.17) is 11.6 Å². The molecule has 0 spiro atoms. The van der Waals surface area contributed by atoms with E-state index < -0.39 is 5.82 Å². The molecule has 2 aromatic rings. The summed E-state index contributed by atoms with van der Waals surface area (Å²) in [6.45, 7) is 0. The standard InChI is InChI=1S/C11H8ClFN2O/c1-15-5-4-14-11(15)10(16)7-2-3-9(13)8(12)6-7/h2-6H,1H3. The van der Waals surface area contributed by atoms with Crippen molar-refractivity contribution in [1.82, 2.24) is 9.55 Å². The zero-order valence-electron chi connectivity index (χ0n) is 8.45. The molecule has 16 heavy (non-hydrogen) atoms. The van der Waals surface area contributed by atoms with E-state index in [1.165, 1.54) is 24.4 Å². The normalized spacial score (nSPS) is 10.4. The molecule has 0 radical (unpaired) electrons. The molecule has 0 saturated carbocycles. The molecule has 3 nitrogen and oxygen atoms in total. The smallest absolute Gasteiger partial charge is 0.228 e. The van der Waals surface area contributed by atoms with E-state index in [0.717, 1.165) is 0 Å². The first-order valence-electron chi connectivity index (χ1n) is 4.56. The molecule has 1 aromatic carbocycles. The first kappa shape index (κ1) is 10.8. The fraction of sp³-hybridized carbons (Fsp3) is 0.0909. The number of hydrogen-bond donors (Lipinski definition) is 0. The highest BCUT2D eigenvalue weighted by Gasteiger charge is 2.14. The van der Waals surface area contributed by atoms with E-state index in [1.807, 2.05) is 0 Å². The van der Waals surface area contributed by atoms with Gasteiger partial charge in [0.15, 0.2) is 5.82 Å². The molecule has 0 unspecified atom stereocenters. The number of rotatable bonds is 2. The van der Waals surface area contributed by atoms with Gasteiger partial charge in [0, 0.05) is 25.0 Å². The minimum absolute atomic E-state index is 0.0694. The Morgan fingerprint density at radius 2 is 2.25 bits per heavy atom. The Hall–Kier alpha value is -1.68. The van der Waals surface area contributed by atoms with Gasteiger partial charge in [0.25, 0.3) is 0 Å². The number of carbonyl (C=O) groups excluding carboxylic acids is 1. The summed E-state index contributed by atoms with van der Waals surface area (Å²) in [5.41, 5.74) is 0.320. The zero-order valence-corrected chi connectivity index (χ0v) is 9.20. The van der Waals surface area contributed by atoms with Gasteiger partial charge in [-0.05, 0) is 18.2 Å². The predicted molar refractivity (Wildman–Crippen MR) is 58.1 cm³/mol. The summed E-state index contributed by atoms with van der Waals surface area (Å²) in [4.78, 5) is 15.8. The van der Waals surface area contributed by atoms with E-state index in [0.29, 0.717) is 11.4 Å². The van der Waals surface area contributed by atoms with Crippen LogP contribution in [-0.2, 0) is 7.05 Å². The Bertz CT molecular complexity index is 551. The second kappa shape index (κ2) is 4.06. The number of hydrogen-bond acceptors (Lipinski definition) is 2. The molecule has 1 aromatic heterocycles. The van der Waals surface area contributed by atoms with Crippen molar-refractivity contribution >= 4 is 17.4 Å². The zero-order chi connectivity index (χ0) is 11.7. The van der Waals surface area contributed by atoms with Gasteiger partial charge in [0.05, 0.1) is 5.02 Å². The van der Waals surface area contributed by atoms with Crippen molar-refractivity contribution in [2.45, 2.75) is 0 Å². The van der Waals surface area contributed by atoms with Gasteiger partial charge < -0.3 is 4.57 Å². The summed E-state index contributed by atoms with van der Waals surface area (Å²) >= 11 is 5.60. The highest BCUT2D eigenvalue weighted by Crippen LogP contribution is 2.17. The summed E-state index contributed by atoms with van der Waals surface area (Å²) in [5, 5.41) is -0.0694. The van der Waals surface area contributed by atoms with Gasteiger partial charge in [-0.15, -0.1) is 0 Å². The van der Waals surface area contributed by atoms with Crippen LogP contribution in [0.2, 0.25) is 5.02 Å². The van der Waals surface area contributed by atoms with E-state index >= 15 is 0 Å². The van der Waals surface area contributed by atoms with Crippen LogP contribution in [0.4, 0.5) is 4.39 Å². The largest absolute Gasteiger partial charge is 0.331 e. The molecule has 5 heteroatoms. The fourth-order valence-electron chi connectivity index (χ4n) is 1.35. The lowest BCUT2D eigenvalue weighted by Crippen LogP contribution is -2.08. The van der Waals surface area contributed by atoms with E-state index in [1.54, 1.807) is 17.8 Å². The second-order valence-corrected chi connectivity index (χ2v) is 3.73. The third kappa shape index (κ3) is 1.84. The van der Waals surface area contributed by atoms with Crippen molar-refractivity contribution in [3.05, 3.63) is 52.8 Å². The lowest BCUT2D eigenvalue weighted by molar-refractivity contribution is 0.102. The molecule has 82 valence electrons. The van der Waals surface area contributed by atoms with E-state index in [-0.39, 0.29) is 10.8 Å². The van der Waals surface area contributed by atoms with Crippen LogP contribution in [0.1, 0.15) is 16.2 Å². The molecule has 0 N–H and O–H groups in total. The van der Waals surface area contributed by atoms with Gasteiger partial charge in [0.2, 0.25) is 5.78 Å². The Labute approximate surface area is 96.5 Å². The van der Waals surface area contributed by atoms with Crippen LogP contribution in [-0.4, -0.2) is 15.3 Å². The number of aryl methyl sites for hydroxylation is 1. The van der Waals surface area contributed by atoms with Gasteiger partial charge in [-0.2, -0.15) is 0 Å². The number of halogens is 2. The first-order valence-corrected chi connectivity index (χ1v) is 4.94. The molecule has 0 bridgehead atoms. The summed E-state index contributed by atoms with van der Waals surface area (Å²) in [5.74, 6) is -0.532. The highest BCUT2D eigenvalue weighted by molar-refractivity contribution is 6.31. The van der Waals surface area contributed by atoms with E-state index in [9.17, 15) is 9.18 Å². The highest BCUT2D eigenvalue weighted by atomic mass is 35.5. The summed E-state index contributed by atoms with van der Waals surface area (Å²) in [7, 11) is 1.71. The second-order valence-electron chi connectivity index (χ2n) is 3.32. The van der Waals surface area contributed by atoms with Crippen molar-refractivity contribution in [3.8, 4) is 0 Å². The van der Waals surface area contributed by atoms with Crippen LogP contribution in [0.25, 0.3) is 0 Å². The number of carbonyl (C=O) groups is 1. The van der Waals surface area contributed by atoms with Crippen LogP contribution < -0.4 is 0 Å². The quantitative estimate of drug-likeness (QED) is 0.754. The molecule has 0 amide bonds. The maximum Gasteiger partial charge on any atom is 0.228 e. The molecular weight excluding hydrogens is 231 g/mol. The lowest BCUT2D eigenvalue weighted by atomic mass is 10.1. The minimum atomic E-state index is -0.543. The van der Waals surface area contributed by atoms with Gasteiger partial charge in [-0.1, -0.05) is 11.6 Å². The minimum Gasteiger partial charge on any atom is -0.331 e. The maximum atomic E-state index is 12.9. The van der Waals surface area contributed by atoms with Crippen molar-refractivity contribution in [1.29, 1.82) is 0 Å². The van der Waals surface area contributed by atoms with Gasteiger partial charge in [-0.3, -0.25) is 4.79 Å². The molecule has 0 atom stereocenters. The van der Waals surface area contributed by atoms with Crippen LogP contribution in [0.15, 0.2) is 30.6 Å².